The summed E-state index contributed by atoms with van der Waals surface area (Å²) < 4.78 is 1.89. The first-order valence-electron chi connectivity index (χ1n) is 11.6. The minimum absolute atomic E-state index is 0.160. The highest BCUT2D eigenvalue weighted by Crippen LogP contribution is 2.22. The van der Waals surface area contributed by atoms with Crippen LogP contribution in [0.25, 0.3) is 16.6 Å². The van der Waals surface area contributed by atoms with E-state index in [1.54, 1.807) is 0 Å². The summed E-state index contributed by atoms with van der Waals surface area (Å²) in [4.78, 5) is 22.1. The molecule has 0 saturated carbocycles. The van der Waals surface area contributed by atoms with Crippen LogP contribution in [0.1, 0.15) is 22.5 Å². The van der Waals surface area contributed by atoms with E-state index < -0.39 is 0 Å². The van der Waals surface area contributed by atoms with Crippen LogP contribution in [0.2, 0.25) is 5.02 Å². The average molecular weight is 474 g/mol. The molecule has 0 aliphatic carbocycles. The number of carbonyl (C=O) groups excluding carboxylic acids is 1. The Hall–Kier alpha value is -3.22. The summed E-state index contributed by atoms with van der Waals surface area (Å²) in [6, 6.07) is 18.0. The Morgan fingerprint density at radius 2 is 1.71 bits per heavy atom. The predicted molar refractivity (Wildman–Crippen MR) is 135 cm³/mol. The van der Waals surface area contributed by atoms with Crippen LogP contribution < -0.4 is 0 Å². The van der Waals surface area contributed by atoms with Gasteiger partial charge in [-0.15, -0.1) is 0 Å². The highest BCUT2D eigenvalue weighted by Gasteiger charge is 2.24. The molecule has 3 heterocycles. The largest absolute Gasteiger partial charge is 0.340 e. The van der Waals surface area contributed by atoms with E-state index >= 15 is 0 Å². The van der Waals surface area contributed by atoms with Gasteiger partial charge >= 0.3 is 0 Å². The van der Waals surface area contributed by atoms with Crippen LogP contribution in [-0.4, -0.2) is 56.7 Å². The number of hydrogen-bond acceptors (Lipinski definition) is 4. The van der Waals surface area contributed by atoms with Gasteiger partial charge in [0.15, 0.2) is 0 Å². The Kier molecular flexibility index (Phi) is 6.35. The number of para-hydroxylation sites is 1. The summed E-state index contributed by atoms with van der Waals surface area (Å²) in [7, 11) is 0. The summed E-state index contributed by atoms with van der Waals surface area (Å²) in [6.07, 6.45) is 2.22. The number of rotatable bonds is 5. The van der Waals surface area contributed by atoms with Crippen LogP contribution in [0.15, 0.2) is 60.8 Å². The molecule has 2 aromatic heterocycles. The van der Waals surface area contributed by atoms with Crippen molar-refractivity contribution in [1.29, 1.82) is 0 Å². The van der Waals surface area contributed by atoms with Crippen molar-refractivity contribution in [2.75, 3.05) is 26.2 Å². The molecule has 0 bridgehead atoms. The molecule has 1 fully saturated rings. The maximum absolute atomic E-state index is 13.1. The Labute approximate surface area is 204 Å². The fraction of sp³-hybridized carbons (Fsp3) is 0.296. The number of aryl methyl sites for hydroxylation is 1. The van der Waals surface area contributed by atoms with Crippen molar-refractivity contribution in [3.05, 3.63) is 88.3 Å². The summed E-state index contributed by atoms with van der Waals surface area (Å²) in [5.74, 6) is 0.160. The highest BCUT2D eigenvalue weighted by molar-refractivity contribution is 6.30. The normalized spacial score (nSPS) is 14.6. The van der Waals surface area contributed by atoms with E-state index in [0.29, 0.717) is 11.4 Å². The topological polar surface area (TPSA) is 54.3 Å². The molecule has 1 saturated heterocycles. The molecule has 4 aromatic rings. The molecule has 1 aliphatic heterocycles. The van der Waals surface area contributed by atoms with Gasteiger partial charge in [-0.2, -0.15) is 5.10 Å². The van der Waals surface area contributed by atoms with Crippen LogP contribution in [0.4, 0.5) is 0 Å². The second kappa shape index (κ2) is 9.57. The van der Waals surface area contributed by atoms with Crippen LogP contribution in [0, 0.1) is 13.8 Å². The Bertz CT molecular complexity index is 1320. The van der Waals surface area contributed by atoms with E-state index in [1.807, 2.05) is 60.0 Å². The van der Waals surface area contributed by atoms with E-state index in [4.69, 9.17) is 11.6 Å². The zero-order chi connectivity index (χ0) is 23.7. The fourth-order valence-electron chi connectivity index (χ4n) is 4.72. The third kappa shape index (κ3) is 4.56. The predicted octanol–water partition coefficient (Wildman–Crippen LogP) is 4.58. The minimum atomic E-state index is 0.160. The van der Waals surface area contributed by atoms with Crippen LogP contribution >= 0.6 is 11.6 Å². The number of piperazine rings is 1. The molecule has 34 heavy (non-hydrogen) atoms. The number of halogens is 1. The number of nitrogens with zero attached hydrogens (tertiary/aromatic N) is 5. The van der Waals surface area contributed by atoms with Crippen molar-refractivity contribution in [1.82, 2.24) is 24.6 Å². The zero-order valence-electron chi connectivity index (χ0n) is 19.5. The van der Waals surface area contributed by atoms with Gasteiger partial charge in [-0.3, -0.25) is 14.7 Å². The maximum Gasteiger partial charge on any atom is 0.227 e. The van der Waals surface area contributed by atoms with Crippen molar-refractivity contribution in [2.45, 2.75) is 26.8 Å². The SMILES string of the molecule is Cc1nn(-c2ccc(Cl)cc2)c(C)c1CC(=O)N1CCN(Cc2cccc3cccnc23)CC1. The van der Waals surface area contributed by atoms with E-state index in [-0.39, 0.29) is 5.91 Å². The van der Waals surface area contributed by atoms with Gasteiger partial charge in [0.05, 0.1) is 23.3 Å². The lowest BCUT2D eigenvalue weighted by molar-refractivity contribution is -0.132. The van der Waals surface area contributed by atoms with Crippen molar-refractivity contribution >= 4 is 28.4 Å². The number of aromatic nitrogens is 3. The molecular weight excluding hydrogens is 446 g/mol. The summed E-state index contributed by atoms with van der Waals surface area (Å²) in [5, 5.41) is 6.54. The molecule has 0 spiro atoms. The smallest absolute Gasteiger partial charge is 0.227 e. The molecule has 6 nitrogen and oxygen atoms in total. The Balaban J connectivity index is 1.22. The van der Waals surface area contributed by atoms with Crippen molar-refractivity contribution in [2.24, 2.45) is 0 Å². The third-order valence-electron chi connectivity index (χ3n) is 6.68. The number of pyridine rings is 1. The van der Waals surface area contributed by atoms with E-state index in [0.717, 1.165) is 60.9 Å². The quantitative estimate of drug-likeness (QED) is 0.426. The first-order chi connectivity index (χ1) is 16.5. The number of amides is 1. The first kappa shape index (κ1) is 22.6. The van der Waals surface area contributed by atoms with Gasteiger partial charge in [-0.1, -0.05) is 35.9 Å². The molecule has 174 valence electrons. The van der Waals surface area contributed by atoms with Crippen LogP contribution in [0.5, 0.6) is 0 Å². The summed E-state index contributed by atoms with van der Waals surface area (Å²) in [5.41, 5.74) is 6.13. The zero-order valence-corrected chi connectivity index (χ0v) is 20.3. The van der Waals surface area contributed by atoms with Gasteiger partial charge in [-0.05, 0) is 49.7 Å². The molecule has 2 aromatic carbocycles. The summed E-state index contributed by atoms with van der Waals surface area (Å²) >= 11 is 6.03. The van der Waals surface area contributed by atoms with Crippen molar-refractivity contribution in [3.8, 4) is 5.69 Å². The highest BCUT2D eigenvalue weighted by atomic mass is 35.5. The molecule has 1 amide bonds. The third-order valence-corrected chi connectivity index (χ3v) is 6.93. The van der Waals surface area contributed by atoms with E-state index in [9.17, 15) is 4.79 Å². The number of hydrogen-bond donors (Lipinski definition) is 0. The van der Waals surface area contributed by atoms with Gasteiger partial charge in [0.25, 0.3) is 0 Å². The molecule has 7 heteroatoms. The number of benzene rings is 2. The van der Waals surface area contributed by atoms with E-state index in [2.05, 4.69) is 39.2 Å². The average Bonchev–Trinajstić information content (AvgIpc) is 3.13. The standard InChI is InChI=1S/C27H28ClN5O/c1-19-25(20(2)33(30-19)24-10-8-23(28)9-11-24)17-26(34)32-15-13-31(14-16-32)18-22-6-3-5-21-7-4-12-29-27(21)22/h3-12H,13-18H2,1-2H3. The number of fused-ring (bicyclic) bond motifs is 1. The first-order valence-corrected chi connectivity index (χ1v) is 12.0. The van der Waals surface area contributed by atoms with Crippen molar-refractivity contribution in [3.63, 3.8) is 0 Å². The monoisotopic (exact) mass is 473 g/mol. The summed E-state index contributed by atoms with van der Waals surface area (Å²) in [6.45, 7) is 8.03. The lowest BCUT2D eigenvalue weighted by atomic mass is 10.1. The van der Waals surface area contributed by atoms with Crippen molar-refractivity contribution < 1.29 is 4.79 Å². The second-order valence-corrected chi connectivity index (χ2v) is 9.30. The molecule has 0 N–H and O–H groups in total. The molecule has 5 rings (SSSR count). The van der Waals surface area contributed by atoms with Gasteiger partial charge in [-0.25, -0.2) is 4.68 Å². The van der Waals surface area contributed by atoms with E-state index in [1.165, 1.54) is 10.9 Å². The lowest BCUT2D eigenvalue weighted by Crippen LogP contribution is -2.48. The maximum atomic E-state index is 13.1. The van der Waals surface area contributed by atoms with Gasteiger partial charge < -0.3 is 4.90 Å². The lowest BCUT2D eigenvalue weighted by Gasteiger charge is -2.35. The molecule has 0 unspecified atom stereocenters. The second-order valence-electron chi connectivity index (χ2n) is 8.86. The van der Waals surface area contributed by atoms with Crippen LogP contribution in [-0.2, 0) is 17.8 Å². The van der Waals surface area contributed by atoms with Gasteiger partial charge in [0.1, 0.15) is 0 Å². The van der Waals surface area contributed by atoms with Gasteiger partial charge in [0, 0.05) is 60.6 Å². The van der Waals surface area contributed by atoms with Crippen LogP contribution in [0.3, 0.4) is 0 Å². The van der Waals surface area contributed by atoms with Gasteiger partial charge in [0.2, 0.25) is 5.91 Å². The molecular formula is C27H28ClN5O. The molecule has 0 radical (unpaired) electrons. The Morgan fingerprint density at radius 3 is 2.47 bits per heavy atom. The fourth-order valence-corrected chi connectivity index (χ4v) is 4.84. The molecule has 1 aliphatic rings. The Morgan fingerprint density at radius 1 is 0.971 bits per heavy atom. The number of carbonyl (C=O) groups is 1. The molecule has 0 atom stereocenters. The minimum Gasteiger partial charge on any atom is -0.340 e.